The molecule has 2 unspecified atom stereocenters. The lowest BCUT2D eigenvalue weighted by molar-refractivity contribution is 0.550. The van der Waals surface area contributed by atoms with Gasteiger partial charge in [-0.25, -0.2) is 0 Å². The molecule has 23 heavy (non-hydrogen) atoms. The predicted octanol–water partition coefficient (Wildman–Crippen LogP) is 6.09. The van der Waals surface area contributed by atoms with Gasteiger partial charge in [0.1, 0.15) is 6.04 Å². The van der Waals surface area contributed by atoms with Gasteiger partial charge in [0.25, 0.3) is 0 Å². The minimum atomic E-state index is -0.463. The first kappa shape index (κ1) is 21.7. The predicted molar refractivity (Wildman–Crippen MR) is 98.3 cm³/mol. The van der Waals surface area contributed by atoms with E-state index in [1.807, 2.05) is 12.2 Å². The van der Waals surface area contributed by atoms with E-state index < -0.39 is 6.04 Å². The molecular formula is C18H36N4O. The topological polar surface area (TPSA) is 80.2 Å². The highest BCUT2D eigenvalue weighted by atomic mass is 16.3. The number of nitroso groups, excluding NO2 is 1. The SMILES string of the molecule is CCCCCCCCCCCCC/C=C/C(N=O)C(C)N=NN. The summed E-state index contributed by atoms with van der Waals surface area (Å²) in [7, 11) is 0. The molecular weight excluding hydrogens is 288 g/mol. The maximum absolute atomic E-state index is 10.7. The van der Waals surface area contributed by atoms with E-state index in [2.05, 4.69) is 22.4 Å². The van der Waals surface area contributed by atoms with Crippen molar-refractivity contribution in [2.24, 2.45) is 21.4 Å². The molecule has 0 bridgehead atoms. The zero-order valence-corrected chi connectivity index (χ0v) is 15.1. The first-order chi connectivity index (χ1) is 11.3. The number of nitrogens with zero attached hydrogens (tertiary/aromatic N) is 3. The molecule has 0 radical (unpaired) electrons. The Kier molecular flexibility index (Phi) is 16.2. The molecule has 0 aliphatic heterocycles. The smallest absolute Gasteiger partial charge is 0.134 e. The summed E-state index contributed by atoms with van der Waals surface area (Å²) in [5.41, 5.74) is 0. The number of hydrogen-bond donors (Lipinski definition) is 1. The zero-order chi connectivity index (χ0) is 17.2. The minimum Gasteiger partial charge on any atom is -0.305 e. The minimum absolute atomic E-state index is 0.286. The van der Waals surface area contributed by atoms with Crippen LogP contribution < -0.4 is 5.84 Å². The summed E-state index contributed by atoms with van der Waals surface area (Å²) in [5, 5.41) is 10.00. The number of nitrogens with two attached hydrogens (primary N) is 1. The van der Waals surface area contributed by atoms with Crippen LogP contribution in [0, 0.1) is 4.91 Å². The summed E-state index contributed by atoms with van der Waals surface area (Å²) in [6.07, 6.45) is 19.7. The second-order valence-corrected chi connectivity index (χ2v) is 6.32. The van der Waals surface area contributed by atoms with Gasteiger partial charge in [-0.3, -0.25) is 0 Å². The van der Waals surface area contributed by atoms with Gasteiger partial charge in [0.05, 0.1) is 6.04 Å². The number of unbranched alkanes of at least 4 members (excludes halogenated alkanes) is 11. The highest BCUT2D eigenvalue weighted by Gasteiger charge is 2.13. The molecule has 2 atom stereocenters. The third-order valence-electron chi connectivity index (χ3n) is 4.17. The summed E-state index contributed by atoms with van der Waals surface area (Å²) in [4.78, 5) is 10.7. The summed E-state index contributed by atoms with van der Waals surface area (Å²) in [6, 6.07) is -0.749. The van der Waals surface area contributed by atoms with Crippen molar-refractivity contribution in [3.8, 4) is 0 Å². The van der Waals surface area contributed by atoms with Crippen molar-refractivity contribution in [2.75, 3.05) is 0 Å². The van der Waals surface area contributed by atoms with E-state index in [1.165, 1.54) is 70.6 Å². The van der Waals surface area contributed by atoms with Crippen LogP contribution in [0.15, 0.2) is 27.7 Å². The van der Waals surface area contributed by atoms with Crippen LogP contribution in [0.3, 0.4) is 0 Å². The van der Waals surface area contributed by atoms with Crippen LogP contribution in [0.2, 0.25) is 0 Å². The van der Waals surface area contributed by atoms with Gasteiger partial charge in [0.2, 0.25) is 0 Å². The fourth-order valence-electron chi connectivity index (χ4n) is 2.62. The average molecular weight is 325 g/mol. The molecule has 0 aliphatic carbocycles. The lowest BCUT2D eigenvalue weighted by Gasteiger charge is -2.06. The van der Waals surface area contributed by atoms with Crippen molar-refractivity contribution < 1.29 is 0 Å². The van der Waals surface area contributed by atoms with Crippen LogP contribution in [-0.4, -0.2) is 12.1 Å². The number of rotatable bonds is 16. The highest BCUT2D eigenvalue weighted by Crippen LogP contribution is 2.12. The third kappa shape index (κ3) is 14.1. The van der Waals surface area contributed by atoms with Gasteiger partial charge in [-0.2, -0.15) is 10.0 Å². The van der Waals surface area contributed by atoms with Gasteiger partial charge in [-0.05, 0) is 19.8 Å². The maximum atomic E-state index is 10.7. The second kappa shape index (κ2) is 17.1. The largest absolute Gasteiger partial charge is 0.305 e. The molecule has 0 saturated carbocycles. The van der Waals surface area contributed by atoms with Gasteiger partial charge in [-0.15, -0.1) is 0 Å². The third-order valence-corrected chi connectivity index (χ3v) is 4.17. The second-order valence-electron chi connectivity index (χ2n) is 6.32. The Bertz CT molecular complexity index is 318. The van der Waals surface area contributed by atoms with Gasteiger partial charge in [0, 0.05) is 0 Å². The van der Waals surface area contributed by atoms with Crippen LogP contribution in [0.4, 0.5) is 0 Å². The molecule has 0 saturated heterocycles. The Morgan fingerprint density at radius 1 is 0.913 bits per heavy atom. The summed E-state index contributed by atoms with van der Waals surface area (Å²) < 4.78 is 0. The van der Waals surface area contributed by atoms with Gasteiger partial charge in [-0.1, -0.05) is 93.7 Å². The standard InChI is InChI=1S/C18H36N4O/c1-3-4-5-6-7-8-9-10-11-12-13-14-15-16-18(21-23)17(2)20-22-19/h15-18H,3-14H2,1-2H3,(H2,19,20)/b16-15+. The summed E-state index contributed by atoms with van der Waals surface area (Å²) in [5.74, 6) is 4.99. The molecule has 2 N–H and O–H groups in total. The molecule has 0 amide bonds. The fraction of sp³-hybridized carbons (Fsp3) is 0.889. The highest BCUT2D eigenvalue weighted by molar-refractivity contribution is 4.98. The van der Waals surface area contributed by atoms with Crippen LogP contribution >= 0.6 is 0 Å². The Morgan fingerprint density at radius 2 is 1.43 bits per heavy atom. The Balaban J connectivity index is 3.44. The van der Waals surface area contributed by atoms with Gasteiger partial charge < -0.3 is 5.84 Å². The first-order valence-electron chi connectivity index (χ1n) is 9.35. The van der Waals surface area contributed by atoms with E-state index in [4.69, 9.17) is 5.84 Å². The molecule has 0 aromatic heterocycles. The normalized spacial score (nSPS) is 14.5. The van der Waals surface area contributed by atoms with Crippen molar-refractivity contribution >= 4 is 0 Å². The van der Waals surface area contributed by atoms with Crippen LogP contribution in [0.1, 0.15) is 90.9 Å². The van der Waals surface area contributed by atoms with Crippen LogP contribution in [0.5, 0.6) is 0 Å². The van der Waals surface area contributed by atoms with Crippen molar-refractivity contribution in [1.82, 2.24) is 0 Å². The van der Waals surface area contributed by atoms with Crippen molar-refractivity contribution in [3.63, 3.8) is 0 Å². The maximum Gasteiger partial charge on any atom is 0.134 e. The number of hydrogen-bond acceptors (Lipinski definition) is 4. The average Bonchev–Trinajstić information content (AvgIpc) is 2.55. The molecule has 5 nitrogen and oxygen atoms in total. The first-order valence-corrected chi connectivity index (χ1v) is 9.35. The van der Waals surface area contributed by atoms with Crippen LogP contribution in [-0.2, 0) is 0 Å². The van der Waals surface area contributed by atoms with Crippen molar-refractivity contribution in [2.45, 2.75) is 103 Å². The van der Waals surface area contributed by atoms with E-state index in [0.29, 0.717) is 0 Å². The molecule has 0 aromatic rings. The van der Waals surface area contributed by atoms with E-state index in [-0.39, 0.29) is 6.04 Å². The van der Waals surface area contributed by atoms with E-state index in [1.54, 1.807) is 6.92 Å². The Hall–Kier alpha value is -1.26. The molecule has 0 aromatic carbocycles. The quantitative estimate of drug-likeness (QED) is 0.0930. The van der Waals surface area contributed by atoms with Gasteiger partial charge >= 0.3 is 0 Å². The van der Waals surface area contributed by atoms with E-state index >= 15 is 0 Å². The van der Waals surface area contributed by atoms with E-state index in [9.17, 15) is 4.91 Å². The molecule has 5 heteroatoms. The molecule has 0 spiro atoms. The molecule has 0 rings (SSSR count). The van der Waals surface area contributed by atoms with Crippen LogP contribution in [0.25, 0.3) is 0 Å². The molecule has 0 fully saturated rings. The summed E-state index contributed by atoms with van der Waals surface area (Å²) in [6.45, 7) is 4.05. The monoisotopic (exact) mass is 324 g/mol. The molecule has 0 heterocycles. The van der Waals surface area contributed by atoms with Crippen molar-refractivity contribution in [1.29, 1.82) is 0 Å². The zero-order valence-electron chi connectivity index (χ0n) is 15.1. The van der Waals surface area contributed by atoms with Crippen molar-refractivity contribution in [3.05, 3.63) is 17.1 Å². The lowest BCUT2D eigenvalue weighted by Crippen LogP contribution is -2.16. The summed E-state index contributed by atoms with van der Waals surface area (Å²) >= 11 is 0. The molecule has 0 aliphatic rings. The Labute approximate surface area is 142 Å². The van der Waals surface area contributed by atoms with E-state index in [0.717, 1.165) is 6.42 Å². The fourth-order valence-corrected chi connectivity index (χ4v) is 2.62. The molecule has 134 valence electrons. The number of allylic oxidation sites excluding steroid dienone is 1. The Morgan fingerprint density at radius 3 is 1.91 bits per heavy atom. The van der Waals surface area contributed by atoms with Gasteiger partial charge in [0.15, 0.2) is 0 Å². The lowest BCUT2D eigenvalue weighted by atomic mass is 10.0.